The lowest BCUT2D eigenvalue weighted by Gasteiger charge is -2.34. The number of aromatic nitrogens is 5. The SMILES string of the molecule is c1cncc(-c2ccnc(N3CCN(c4nncs4)CC3)n2)c1. The molecule has 1 aliphatic rings. The summed E-state index contributed by atoms with van der Waals surface area (Å²) in [5.41, 5.74) is 3.67. The van der Waals surface area contributed by atoms with Crippen molar-refractivity contribution in [2.45, 2.75) is 0 Å². The Bertz CT molecular complexity index is 755. The molecule has 8 heteroatoms. The highest BCUT2D eigenvalue weighted by Crippen LogP contribution is 2.21. The van der Waals surface area contributed by atoms with Crippen LogP contribution in [0.3, 0.4) is 0 Å². The zero-order chi connectivity index (χ0) is 15.5. The molecule has 3 aromatic heterocycles. The summed E-state index contributed by atoms with van der Waals surface area (Å²) in [6, 6.07) is 5.84. The van der Waals surface area contributed by atoms with Crippen molar-refractivity contribution in [3.8, 4) is 11.3 Å². The van der Waals surface area contributed by atoms with Crippen molar-refractivity contribution < 1.29 is 0 Å². The number of piperazine rings is 1. The lowest BCUT2D eigenvalue weighted by molar-refractivity contribution is 0.637. The summed E-state index contributed by atoms with van der Waals surface area (Å²) < 4.78 is 0. The van der Waals surface area contributed by atoms with Crippen LogP contribution in [0, 0.1) is 0 Å². The van der Waals surface area contributed by atoms with E-state index >= 15 is 0 Å². The van der Waals surface area contributed by atoms with Gasteiger partial charge in [-0.25, -0.2) is 9.97 Å². The second-order valence-electron chi connectivity index (χ2n) is 5.18. The number of rotatable bonds is 3. The molecule has 0 bridgehead atoms. The average molecular weight is 325 g/mol. The van der Waals surface area contributed by atoms with Gasteiger partial charge in [-0.2, -0.15) is 0 Å². The summed E-state index contributed by atoms with van der Waals surface area (Å²) in [7, 11) is 0. The maximum Gasteiger partial charge on any atom is 0.225 e. The molecule has 4 rings (SSSR count). The van der Waals surface area contributed by atoms with Gasteiger partial charge in [0.2, 0.25) is 11.1 Å². The van der Waals surface area contributed by atoms with Crippen LogP contribution in [-0.4, -0.2) is 51.3 Å². The van der Waals surface area contributed by atoms with Crippen molar-refractivity contribution >= 4 is 22.4 Å². The minimum absolute atomic E-state index is 0.767. The van der Waals surface area contributed by atoms with E-state index in [1.807, 2.05) is 30.6 Å². The van der Waals surface area contributed by atoms with Crippen molar-refractivity contribution in [1.82, 2.24) is 25.1 Å². The van der Waals surface area contributed by atoms with Gasteiger partial charge in [-0.1, -0.05) is 11.3 Å². The average Bonchev–Trinajstić information content (AvgIpc) is 3.17. The van der Waals surface area contributed by atoms with Gasteiger partial charge in [-0.05, 0) is 18.2 Å². The van der Waals surface area contributed by atoms with Gasteiger partial charge in [0.05, 0.1) is 5.69 Å². The van der Waals surface area contributed by atoms with Crippen LogP contribution in [0.2, 0.25) is 0 Å². The molecule has 0 atom stereocenters. The van der Waals surface area contributed by atoms with Gasteiger partial charge in [0.15, 0.2) is 0 Å². The predicted octanol–water partition coefficient (Wildman–Crippen LogP) is 1.72. The first-order chi connectivity index (χ1) is 11.4. The highest BCUT2D eigenvalue weighted by Gasteiger charge is 2.21. The Morgan fingerprint density at radius 2 is 1.87 bits per heavy atom. The van der Waals surface area contributed by atoms with Crippen LogP contribution in [0.5, 0.6) is 0 Å². The van der Waals surface area contributed by atoms with Crippen molar-refractivity contribution in [2.24, 2.45) is 0 Å². The van der Waals surface area contributed by atoms with E-state index in [-0.39, 0.29) is 0 Å². The number of hydrogen-bond donors (Lipinski definition) is 0. The molecule has 0 N–H and O–H groups in total. The van der Waals surface area contributed by atoms with Crippen LogP contribution in [0.4, 0.5) is 11.1 Å². The molecule has 1 aliphatic heterocycles. The lowest BCUT2D eigenvalue weighted by Crippen LogP contribution is -2.47. The first kappa shape index (κ1) is 14.0. The standard InChI is InChI=1S/C15H15N7S/c1-2-12(10-16-4-1)13-3-5-17-14(19-13)21-6-8-22(9-7-21)15-20-18-11-23-15/h1-5,10-11H,6-9H2. The minimum Gasteiger partial charge on any atom is -0.343 e. The zero-order valence-electron chi connectivity index (χ0n) is 12.4. The van der Waals surface area contributed by atoms with Crippen LogP contribution < -0.4 is 9.80 Å². The quantitative estimate of drug-likeness (QED) is 0.726. The molecule has 0 spiro atoms. The Labute approximate surface area is 137 Å². The van der Waals surface area contributed by atoms with Crippen LogP contribution in [0.15, 0.2) is 42.3 Å². The molecular formula is C15H15N7S. The molecule has 7 nitrogen and oxygen atoms in total. The smallest absolute Gasteiger partial charge is 0.225 e. The van der Waals surface area contributed by atoms with Crippen LogP contribution in [-0.2, 0) is 0 Å². The Kier molecular flexibility index (Phi) is 3.81. The molecule has 1 fully saturated rings. The third-order valence-electron chi connectivity index (χ3n) is 3.78. The van der Waals surface area contributed by atoms with Gasteiger partial charge in [0.1, 0.15) is 5.51 Å². The largest absolute Gasteiger partial charge is 0.343 e. The first-order valence-electron chi connectivity index (χ1n) is 7.40. The second kappa shape index (κ2) is 6.25. The second-order valence-corrected chi connectivity index (χ2v) is 5.99. The van der Waals surface area contributed by atoms with E-state index < -0.39 is 0 Å². The Morgan fingerprint density at radius 3 is 2.61 bits per heavy atom. The topological polar surface area (TPSA) is 70.9 Å². The molecule has 0 aliphatic carbocycles. The van der Waals surface area contributed by atoms with E-state index in [2.05, 4.69) is 34.9 Å². The third-order valence-corrected chi connectivity index (χ3v) is 4.53. The van der Waals surface area contributed by atoms with E-state index in [1.165, 1.54) is 0 Å². The molecule has 1 saturated heterocycles. The Morgan fingerprint density at radius 1 is 1.00 bits per heavy atom. The molecule has 116 valence electrons. The Hall–Kier alpha value is -2.61. The summed E-state index contributed by atoms with van der Waals surface area (Å²) in [6.45, 7) is 3.54. The molecule has 0 amide bonds. The number of nitrogens with zero attached hydrogens (tertiary/aromatic N) is 7. The van der Waals surface area contributed by atoms with E-state index in [0.717, 1.165) is 48.5 Å². The summed E-state index contributed by atoms with van der Waals surface area (Å²) in [4.78, 5) is 17.7. The molecule has 0 radical (unpaired) electrons. The van der Waals surface area contributed by atoms with Gasteiger partial charge in [0, 0.05) is 50.3 Å². The molecule has 0 saturated carbocycles. The summed E-state index contributed by atoms with van der Waals surface area (Å²) in [5.74, 6) is 0.767. The van der Waals surface area contributed by atoms with E-state index in [9.17, 15) is 0 Å². The highest BCUT2D eigenvalue weighted by molar-refractivity contribution is 7.13. The van der Waals surface area contributed by atoms with Gasteiger partial charge < -0.3 is 9.80 Å². The Balaban J connectivity index is 1.49. The number of pyridine rings is 1. The summed E-state index contributed by atoms with van der Waals surface area (Å²) in [5, 5.41) is 9.01. The van der Waals surface area contributed by atoms with Gasteiger partial charge in [-0.15, -0.1) is 10.2 Å². The number of anilines is 2. The van der Waals surface area contributed by atoms with Gasteiger partial charge in [-0.3, -0.25) is 4.98 Å². The minimum atomic E-state index is 0.767. The normalized spacial score (nSPS) is 15.0. The fourth-order valence-electron chi connectivity index (χ4n) is 2.58. The zero-order valence-corrected chi connectivity index (χ0v) is 13.2. The van der Waals surface area contributed by atoms with Crippen molar-refractivity contribution in [3.63, 3.8) is 0 Å². The highest BCUT2D eigenvalue weighted by atomic mass is 32.1. The maximum absolute atomic E-state index is 4.69. The third kappa shape index (κ3) is 2.98. The molecule has 4 heterocycles. The van der Waals surface area contributed by atoms with Crippen LogP contribution in [0.1, 0.15) is 0 Å². The summed E-state index contributed by atoms with van der Waals surface area (Å²) in [6.07, 6.45) is 5.39. The van der Waals surface area contributed by atoms with E-state index in [0.29, 0.717) is 0 Å². The van der Waals surface area contributed by atoms with E-state index in [1.54, 1.807) is 23.0 Å². The monoisotopic (exact) mass is 325 g/mol. The first-order valence-corrected chi connectivity index (χ1v) is 8.27. The fraction of sp³-hybridized carbons (Fsp3) is 0.267. The van der Waals surface area contributed by atoms with Crippen molar-refractivity contribution in [1.29, 1.82) is 0 Å². The fourth-order valence-corrected chi connectivity index (χ4v) is 3.19. The van der Waals surface area contributed by atoms with E-state index in [4.69, 9.17) is 0 Å². The van der Waals surface area contributed by atoms with Gasteiger partial charge in [0.25, 0.3) is 0 Å². The molecule has 23 heavy (non-hydrogen) atoms. The van der Waals surface area contributed by atoms with Crippen LogP contribution in [0.25, 0.3) is 11.3 Å². The molecule has 0 unspecified atom stereocenters. The predicted molar refractivity (Wildman–Crippen MR) is 89.6 cm³/mol. The number of hydrogen-bond acceptors (Lipinski definition) is 8. The van der Waals surface area contributed by atoms with Crippen molar-refractivity contribution in [3.05, 3.63) is 42.3 Å². The molecule has 3 aromatic rings. The summed E-state index contributed by atoms with van der Waals surface area (Å²) >= 11 is 1.57. The maximum atomic E-state index is 4.69. The van der Waals surface area contributed by atoms with Crippen molar-refractivity contribution in [2.75, 3.05) is 36.0 Å². The van der Waals surface area contributed by atoms with Gasteiger partial charge >= 0.3 is 0 Å². The molecule has 0 aromatic carbocycles. The van der Waals surface area contributed by atoms with Crippen LogP contribution >= 0.6 is 11.3 Å². The lowest BCUT2D eigenvalue weighted by atomic mass is 10.2. The molecular weight excluding hydrogens is 310 g/mol.